The van der Waals surface area contributed by atoms with Gasteiger partial charge in [-0.3, -0.25) is 0 Å². The van der Waals surface area contributed by atoms with Crippen molar-refractivity contribution in [2.45, 2.75) is 37.6 Å². The number of nitrogens with one attached hydrogen (secondary N) is 1. The Bertz CT molecular complexity index is 366. The third kappa shape index (κ3) is 3.20. The quantitative estimate of drug-likeness (QED) is 0.856. The Morgan fingerprint density at radius 3 is 2.24 bits per heavy atom. The molecule has 17 heavy (non-hydrogen) atoms. The number of rotatable bonds is 3. The van der Waals surface area contributed by atoms with Crippen LogP contribution in [0.1, 0.15) is 24.0 Å². The maximum Gasteiger partial charge on any atom is 0.416 e. The second kappa shape index (κ2) is 4.66. The van der Waals surface area contributed by atoms with Crippen LogP contribution in [0.3, 0.4) is 0 Å². The first-order valence-corrected chi connectivity index (χ1v) is 5.60. The highest BCUT2D eigenvalue weighted by molar-refractivity contribution is 5.24. The molecule has 1 aliphatic carbocycles. The number of benzene rings is 1. The first-order chi connectivity index (χ1) is 7.95. The molecule has 0 aromatic heterocycles. The maximum absolute atomic E-state index is 12.3. The summed E-state index contributed by atoms with van der Waals surface area (Å²) in [6, 6.07) is 5.93. The Labute approximate surface area is 98.0 Å². The van der Waals surface area contributed by atoms with E-state index in [1.807, 2.05) is 0 Å². The molecule has 3 N–H and O–H groups in total. The summed E-state index contributed by atoms with van der Waals surface area (Å²) in [5.41, 5.74) is 5.90. The van der Waals surface area contributed by atoms with Gasteiger partial charge in [0.1, 0.15) is 0 Å². The number of halogens is 3. The van der Waals surface area contributed by atoms with E-state index in [0.29, 0.717) is 12.6 Å². The normalized spacial score (nSPS) is 24.5. The lowest BCUT2D eigenvalue weighted by molar-refractivity contribution is -0.137. The molecule has 0 radical (unpaired) electrons. The van der Waals surface area contributed by atoms with Gasteiger partial charge in [-0.15, -0.1) is 0 Å². The highest BCUT2D eigenvalue weighted by Gasteiger charge is 2.30. The van der Waals surface area contributed by atoms with Gasteiger partial charge >= 0.3 is 6.18 Å². The predicted molar refractivity (Wildman–Crippen MR) is 59.3 cm³/mol. The van der Waals surface area contributed by atoms with Gasteiger partial charge in [0.15, 0.2) is 0 Å². The van der Waals surface area contributed by atoms with Crippen LogP contribution < -0.4 is 11.1 Å². The van der Waals surface area contributed by atoms with E-state index in [-0.39, 0.29) is 6.04 Å². The summed E-state index contributed by atoms with van der Waals surface area (Å²) in [6.07, 6.45) is -2.37. The van der Waals surface area contributed by atoms with Gasteiger partial charge in [0.25, 0.3) is 0 Å². The van der Waals surface area contributed by atoms with E-state index in [0.717, 1.165) is 30.5 Å². The van der Waals surface area contributed by atoms with Crippen LogP contribution in [0.25, 0.3) is 0 Å². The largest absolute Gasteiger partial charge is 0.416 e. The minimum Gasteiger partial charge on any atom is -0.328 e. The molecule has 94 valence electrons. The molecule has 1 fully saturated rings. The van der Waals surface area contributed by atoms with Crippen molar-refractivity contribution in [1.29, 1.82) is 0 Å². The van der Waals surface area contributed by atoms with Gasteiger partial charge in [0.05, 0.1) is 5.56 Å². The van der Waals surface area contributed by atoms with Gasteiger partial charge < -0.3 is 11.1 Å². The van der Waals surface area contributed by atoms with E-state index in [1.165, 1.54) is 12.1 Å². The summed E-state index contributed by atoms with van der Waals surface area (Å²) in [5, 5.41) is 3.26. The van der Waals surface area contributed by atoms with Crippen LogP contribution in [-0.4, -0.2) is 12.1 Å². The fourth-order valence-corrected chi connectivity index (χ4v) is 1.90. The molecule has 2 nitrogen and oxygen atoms in total. The molecule has 0 heterocycles. The summed E-state index contributed by atoms with van der Waals surface area (Å²) in [5.74, 6) is 0. The minimum absolute atomic E-state index is 0.278. The predicted octanol–water partition coefficient (Wildman–Crippen LogP) is 2.28. The van der Waals surface area contributed by atoms with E-state index in [2.05, 4.69) is 5.32 Å². The Morgan fingerprint density at radius 1 is 1.18 bits per heavy atom. The molecule has 0 amide bonds. The summed E-state index contributed by atoms with van der Waals surface area (Å²) >= 11 is 0. The SMILES string of the molecule is NC1CC(NCc2ccc(C(F)(F)F)cc2)C1. The topological polar surface area (TPSA) is 38.0 Å². The van der Waals surface area contributed by atoms with Gasteiger partial charge in [-0.25, -0.2) is 0 Å². The van der Waals surface area contributed by atoms with E-state index in [1.54, 1.807) is 0 Å². The Morgan fingerprint density at radius 2 is 1.76 bits per heavy atom. The van der Waals surface area contributed by atoms with Crippen LogP contribution in [0.5, 0.6) is 0 Å². The Hall–Kier alpha value is -1.07. The molecule has 0 atom stereocenters. The minimum atomic E-state index is -4.26. The van der Waals surface area contributed by atoms with Gasteiger partial charge in [-0.05, 0) is 30.5 Å². The van der Waals surface area contributed by atoms with Crippen molar-refractivity contribution in [1.82, 2.24) is 5.32 Å². The molecule has 0 unspecified atom stereocenters. The lowest BCUT2D eigenvalue weighted by Gasteiger charge is -2.33. The highest BCUT2D eigenvalue weighted by atomic mass is 19.4. The van der Waals surface area contributed by atoms with E-state index >= 15 is 0 Å². The lowest BCUT2D eigenvalue weighted by atomic mass is 9.87. The molecule has 5 heteroatoms. The number of hydrogen-bond acceptors (Lipinski definition) is 2. The fourth-order valence-electron chi connectivity index (χ4n) is 1.90. The van der Waals surface area contributed by atoms with Crippen molar-refractivity contribution in [3.63, 3.8) is 0 Å². The van der Waals surface area contributed by atoms with Crippen LogP contribution in [0, 0.1) is 0 Å². The molecular formula is C12H15F3N2. The third-order valence-electron chi connectivity index (χ3n) is 3.05. The third-order valence-corrected chi connectivity index (χ3v) is 3.05. The van der Waals surface area contributed by atoms with Gasteiger partial charge in [-0.1, -0.05) is 12.1 Å². The van der Waals surface area contributed by atoms with Crippen molar-refractivity contribution < 1.29 is 13.2 Å². The fraction of sp³-hybridized carbons (Fsp3) is 0.500. The Kier molecular flexibility index (Phi) is 3.40. The molecular weight excluding hydrogens is 229 g/mol. The molecule has 1 saturated carbocycles. The second-order valence-corrected chi connectivity index (χ2v) is 4.50. The van der Waals surface area contributed by atoms with Gasteiger partial charge in [0.2, 0.25) is 0 Å². The molecule has 0 spiro atoms. The Balaban J connectivity index is 1.86. The average molecular weight is 244 g/mol. The summed E-state index contributed by atoms with van der Waals surface area (Å²) < 4.78 is 36.9. The number of hydrogen-bond donors (Lipinski definition) is 2. The first-order valence-electron chi connectivity index (χ1n) is 5.60. The lowest BCUT2D eigenvalue weighted by Crippen LogP contribution is -2.48. The summed E-state index contributed by atoms with van der Waals surface area (Å²) in [4.78, 5) is 0. The monoisotopic (exact) mass is 244 g/mol. The van der Waals surface area contributed by atoms with Crippen molar-refractivity contribution in [2.24, 2.45) is 5.73 Å². The molecule has 1 aromatic carbocycles. The standard InChI is InChI=1S/C12H15F3N2/c13-12(14,15)9-3-1-8(2-4-9)7-17-11-5-10(16)6-11/h1-4,10-11,17H,5-7,16H2. The van der Waals surface area contributed by atoms with Crippen LogP contribution >= 0.6 is 0 Å². The zero-order valence-corrected chi connectivity index (χ0v) is 9.30. The number of nitrogens with two attached hydrogens (primary N) is 1. The van der Waals surface area contributed by atoms with E-state index < -0.39 is 11.7 Å². The van der Waals surface area contributed by atoms with Crippen LogP contribution in [-0.2, 0) is 12.7 Å². The molecule has 0 saturated heterocycles. The molecule has 1 aliphatic rings. The zero-order valence-electron chi connectivity index (χ0n) is 9.30. The van der Waals surface area contributed by atoms with E-state index in [9.17, 15) is 13.2 Å². The zero-order chi connectivity index (χ0) is 12.5. The first kappa shape index (κ1) is 12.4. The molecule has 0 bridgehead atoms. The van der Waals surface area contributed by atoms with Gasteiger partial charge in [-0.2, -0.15) is 13.2 Å². The molecule has 2 rings (SSSR count). The maximum atomic E-state index is 12.3. The average Bonchev–Trinajstić information content (AvgIpc) is 2.22. The number of alkyl halides is 3. The van der Waals surface area contributed by atoms with Crippen molar-refractivity contribution in [3.8, 4) is 0 Å². The van der Waals surface area contributed by atoms with E-state index in [4.69, 9.17) is 5.73 Å². The molecule has 0 aliphatic heterocycles. The highest BCUT2D eigenvalue weighted by Crippen LogP contribution is 2.29. The van der Waals surface area contributed by atoms with Crippen LogP contribution in [0.15, 0.2) is 24.3 Å². The van der Waals surface area contributed by atoms with Crippen molar-refractivity contribution in [2.75, 3.05) is 0 Å². The molecule has 1 aromatic rings. The van der Waals surface area contributed by atoms with Gasteiger partial charge in [0, 0.05) is 18.6 Å². The summed E-state index contributed by atoms with van der Waals surface area (Å²) in [6.45, 7) is 0.593. The van der Waals surface area contributed by atoms with Crippen LogP contribution in [0.2, 0.25) is 0 Å². The van der Waals surface area contributed by atoms with Crippen LogP contribution in [0.4, 0.5) is 13.2 Å². The van der Waals surface area contributed by atoms with Crippen molar-refractivity contribution in [3.05, 3.63) is 35.4 Å². The summed E-state index contributed by atoms with van der Waals surface area (Å²) in [7, 11) is 0. The van der Waals surface area contributed by atoms with Crippen molar-refractivity contribution >= 4 is 0 Å². The smallest absolute Gasteiger partial charge is 0.328 e. The second-order valence-electron chi connectivity index (χ2n) is 4.50.